The van der Waals surface area contributed by atoms with Gasteiger partial charge in [0.25, 0.3) is 0 Å². The molecule has 18 heavy (non-hydrogen) atoms. The molecule has 0 saturated carbocycles. The third-order valence-electron chi connectivity index (χ3n) is 2.50. The first-order chi connectivity index (χ1) is 8.81. The van der Waals surface area contributed by atoms with Crippen LogP contribution in [-0.2, 0) is 6.42 Å². The summed E-state index contributed by atoms with van der Waals surface area (Å²) >= 11 is 5.71. The van der Waals surface area contributed by atoms with E-state index in [9.17, 15) is 0 Å². The van der Waals surface area contributed by atoms with Crippen LogP contribution in [0.15, 0.2) is 48.5 Å². The number of rotatable bonds is 4. The SMILES string of the molecule is N#Cc1ccc(Oc2cccc(CCCl)c2)cc1. The summed E-state index contributed by atoms with van der Waals surface area (Å²) in [6.07, 6.45) is 0.826. The largest absolute Gasteiger partial charge is 0.457 e. The van der Waals surface area contributed by atoms with Gasteiger partial charge in [-0.1, -0.05) is 12.1 Å². The van der Waals surface area contributed by atoms with Crippen LogP contribution in [0, 0.1) is 11.3 Å². The number of halogens is 1. The van der Waals surface area contributed by atoms with Crippen molar-refractivity contribution in [3.63, 3.8) is 0 Å². The normalized spacial score (nSPS) is 9.78. The Morgan fingerprint density at radius 2 is 1.83 bits per heavy atom. The van der Waals surface area contributed by atoms with E-state index in [1.807, 2.05) is 24.3 Å². The van der Waals surface area contributed by atoms with Gasteiger partial charge in [0.15, 0.2) is 0 Å². The van der Waals surface area contributed by atoms with Gasteiger partial charge in [-0.2, -0.15) is 5.26 Å². The monoisotopic (exact) mass is 257 g/mol. The Morgan fingerprint density at radius 3 is 2.50 bits per heavy atom. The molecule has 0 aliphatic heterocycles. The van der Waals surface area contributed by atoms with Crippen molar-refractivity contribution >= 4 is 11.6 Å². The smallest absolute Gasteiger partial charge is 0.127 e. The van der Waals surface area contributed by atoms with Gasteiger partial charge in [-0.25, -0.2) is 0 Å². The summed E-state index contributed by atoms with van der Waals surface area (Å²) in [5.74, 6) is 2.10. The predicted molar refractivity (Wildman–Crippen MR) is 72.1 cm³/mol. The second-order valence-electron chi connectivity index (χ2n) is 3.82. The van der Waals surface area contributed by atoms with Gasteiger partial charge in [-0.15, -0.1) is 11.6 Å². The highest BCUT2D eigenvalue weighted by molar-refractivity contribution is 6.17. The number of alkyl halides is 1. The van der Waals surface area contributed by atoms with Crippen molar-refractivity contribution in [3.8, 4) is 17.6 Å². The molecule has 0 aliphatic carbocycles. The van der Waals surface area contributed by atoms with Gasteiger partial charge in [0, 0.05) is 5.88 Å². The van der Waals surface area contributed by atoms with Crippen LogP contribution in [0.4, 0.5) is 0 Å². The van der Waals surface area contributed by atoms with Crippen LogP contribution in [0.3, 0.4) is 0 Å². The van der Waals surface area contributed by atoms with E-state index < -0.39 is 0 Å². The van der Waals surface area contributed by atoms with Crippen molar-refractivity contribution in [2.45, 2.75) is 6.42 Å². The number of benzene rings is 2. The van der Waals surface area contributed by atoms with E-state index in [-0.39, 0.29) is 0 Å². The maximum Gasteiger partial charge on any atom is 0.127 e. The van der Waals surface area contributed by atoms with E-state index in [4.69, 9.17) is 21.6 Å². The molecule has 0 spiro atoms. The molecule has 0 atom stereocenters. The van der Waals surface area contributed by atoms with E-state index in [0.29, 0.717) is 11.4 Å². The van der Waals surface area contributed by atoms with Crippen molar-refractivity contribution in [1.29, 1.82) is 5.26 Å². The highest BCUT2D eigenvalue weighted by Crippen LogP contribution is 2.22. The molecular weight excluding hydrogens is 246 g/mol. The molecule has 0 N–H and O–H groups in total. The lowest BCUT2D eigenvalue weighted by Crippen LogP contribution is -1.89. The topological polar surface area (TPSA) is 33.0 Å². The summed E-state index contributed by atoms with van der Waals surface area (Å²) < 4.78 is 5.71. The third kappa shape index (κ3) is 3.26. The summed E-state index contributed by atoms with van der Waals surface area (Å²) in [7, 11) is 0. The zero-order chi connectivity index (χ0) is 12.8. The summed E-state index contributed by atoms with van der Waals surface area (Å²) in [6, 6.07) is 16.9. The van der Waals surface area contributed by atoms with Gasteiger partial charge >= 0.3 is 0 Å². The molecule has 0 saturated heterocycles. The second-order valence-corrected chi connectivity index (χ2v) is 4.20. The molecule has 0 bridgehead atoms. The molecule has 0 fully saturated rings. The Kier molecular flexibility index (Phi) is 4.22. The molecule has 2 rings (SSSR count). The lowest BCUT2D eigenvalue weighted by Gasteiger charge is -2.07. The van der Waals surface area contributed by atoms with Crippen LogP contribution >= 0.6 is 11.6 Å². The van der Waals surface area contributed by atoms with Gasteiger partial charge in [0.1, 0.15) is 11.5 Å². The lowest BCUT2D eigenvalue weighted by atomic mass is 10.1. The predicted octanol–water partition coefficient (Wildman–Crippen LogP) is 4.13. The average molecular weight is 258 g/mol. The highest BCUT2D eigenvalue weighted by atomic mass is 35.5. The second kappa shape index (κ2) is 6.09. The minimum absolute atomic E-state index is 0.598. The fraction of sp³-hybridized carbons (Fsp3) is 0.133. The van der Waals surface area contributed by atoms with Crippen LogP contribution in [0.2, 0.25) is 0 Å². The Labute approximate surface area is 111 Å². The van der Waals surface area contributed by atoms with Crippen molar-refractivity contribution in [1.82, 2.24) is 0 Å². The van der Waals surface area contributed by atoms with E-state index >= 15 is 0 Å². The fourth-order valence-corrected chi connectivity index (χ4v) is 1.83. The molecule has 2 nitrogen and oxygen atoms in total. The number of ether oxygens (including phenoxy) is 1. The molecule has 2 aromatic carbocycles. The van der Waals surface area contributed by atoms with E-state index in [1.54, 1.807) is 24.3 Å². The lowest BCUT2D eigenvalue weighted by molar-refractivity contribution is 0.482. The molecule has 0 radical (unpaired) electrons. The molecule has 3 heteroatoms. The van der Waals surface area contributed by atoms with Crippen LogP contribution < -0.4 is 4.74 Å². The quantitative estimate of drug-likeness (QED) is 0.772. The first kappa shape index (κ1) is 12.5. The number of nitrogens with zero attached hydrogens (tertiary/aromatic N) is 1. The van der Waals surface area contributed by atoms with Gasteiger partial charge < -0.3 is 4.74 Å². The molecule has 0 aromatic heterocycles. The van der Waals surface area contributed by atoms with Crippen molar-refractivity contribution in [2.24, 2.45) is 0 Å². The van der Waals surface area contributed by atoms with Gasteiger partial charge in [0.2, 0.25) is 0 Å². The summed E-state index contributed by atoms with van der Waals surface area (Å²) in [5, 5.41) is 8.71. The van der Waals surface area contributed by atoms with Crippen molar-refractivity contribution in [2.75, 3.05) is 5.88 Å². The highest BCUT2D eigenvalue weighted by Gasteiger charge is 1.99. The van der Waals surface area contributed by atoms with E-state index in [2.05, 4.69) is 6.07 Å². The molecule has 0 aliphatic rings. The Hall–Kier alpha value is -1.98. The van der Waals surface area contributed by atoms with Crippen LogP contribution in [0.1, 0.15) is 11.1 Å². The Balaban J connectivity index is 2.12. The standard InChI is InChI=1S/C15H12ClNO/c16-9-8-12-2-1-3-15(10-12)18-14-6-4-13(11-17)5-7-14/h1-7,10H,8-9H2. The van der Waals surface area contributed by atoms with Gasteiger partial charge in [0.05, 0.1) is 11.6 Å². The Bertz CT molecular complexity index is 557. The number of hydrogen-bond donors (Lipinski definition) is 0. The number of nitriles is 1. The average Bonchev–Trinajstić information content (AvgIpc) is 2.40. The molecule has 0 amide bonds. The molecule has 0 unspecified atom stereocenters. The van der Waals surface area contributed by atoms with Gasteiger partial charge in [-0.05, 0) is 48.4 Å². The maximum absolute atomic E-state index is 8.71. The van der Waals surface area contributed by atoms with Crippen molar-refractivity contribution < 1.29 is 4.74 Å². The molecule has 2 aromatic rings. The first-order valence-corrected chi connectivity index (χ1v) is 6.18. The van der Waals surface area contributed by atoms with Crippen molar-refractivity contribution in [3.05, 3.63) is 59.7 Å². The molecular formula is C15H12ClNO. The van der Waals surface area contributed by atoms with Crippen LogP contribution in [0.5, 0.6) is 11.5 Å². The number of hydrogen-bond acceptors (Lipinski definition) is 2. The van der Waals surface area contributed by atoms with E-state index in [0.717, 1.165) is 23.5 Å². The molecule has 0 heterocycles. The minimum atomic E-state index is 0.598. The van der Waals surface area contributed by atoms with Gasteiger partial charge in [-0.3, -0.25) is 0 Å². The fourth-order valence-electron chi connectivity index (χ4n) is 1.61. The maximum atomic E-state index is 8.71. The summed E-state index contributed by atoms with van der Waals surface area (Å²) in [4.78, 5) is 0. The minimum Gasteiger partial charge on any atom is -0.457 e. The number of aryl methyl sites for hydroxylation is 1. The summed E-state index contributed by atoms with van der Waals surface area (Å²) in [5.41, 5.74) is 1.77. The zero-order valence-corrected chi connectivity index (χ0v) is 10.5. The van der Waals surface area contributed by atoms with Crippen LogP contribution in [0.25, 0.3) is 0 Å². The Morgan fingerprint density at radius 1 is 1.06 bits per heavy atom. The van der Waals surface area contributed by atoms with Crippen LogP contribution in [-0.4, -0.2) is 5.88 Å². The van der Waals surface area contributed by atoms with E-state index in [1.165, 1.54) is 0 Å². The summed E-state index contributed by atoms with van der Waals surface area (Å²) in [6.45, 7) is 0. The third-order valence-corrected chi connectivity index (χ3v) is 2.69. The molecule has 90 valence electrons. The zero-order valence-electron chi connectivity index (χ0n) is 9.77. The first-order valence-electron chi connectivity index (χ1n) is 5.65.